The quantitative estimate of drug-likeness (QED) is 0.336. The van der Waals surface area contributed by atoms with Crippen molar-refractivity contribution in [1.29, 1.82) is 0 Å². The number of carbonyl (C=O) groups is 1. The molecule has 1 saturated heterocycles. The van der Waals surface area contributed by atoms with E-state index in [-0.39, 0.29) is 17.7 Å². The van der Waals surface area contributed by atoms with Crippen LogP contribution in [-0.4, -0.2) is 47.1 Å². The molecule has 0 spiro atoms. The van der Waals surface area contributed by atoms with Gasteiger partial charge in [-0.2, -0.15) is 0 Å². The number of hydrogen-bond donors (Lipinski definition) is 2. The molecule has 1 atom stereocenters. The summed E-state index contributed by atoms with van der Waals surface area (Å²) in [7, 11) is 0. The lowest BCUT2D eigenvalue weighted by Gasteiger charge is -2.35. The smallest absolute Gasteiger partial charge is 0.311 e. The number of unbranched alkanes of at least 4 members (excludes halogenated alkanes) is 2. The zero-order chi connectivity index (χ0) is 26.4. The molecule has 6 heteroatoms. The molecule has 37 heavy (non-hydrogen) atoms. The molecule has 0 saturated carbocycles. The van der Waals surface area contributed by atoms with Crippen molar-refractivity contribution in [1.82, 2.24) is 9.88 Å². The second-order valence-corrected chi connectivity index (χ2v) is 11.2. The summed E-state index contributed by atoms with van der Waals surface area (Å²) < 4.78 is 14.9. The number of nitrogens with one attached hydrogen (secondary N) is 1. The highest BCUT2D eigenvalue weighted by Crippen LogP contribution is 2.37. The van der Waals surface area contributed by atoms with E-state index in [9.17, 15) is 14.3 Å². The highest BCUT2D eigenvalue weighted by atomic mass is 19.1. The Morgan fingerprint density at radius 3 is 2.68 bits per heavy atom. The van der Waals surface area contributed by atoms with Crippen LogP contribution in [0.25, 0.3) is 0 Å². The fraction of sp³-hybridized carbons (Fsp3) is 0.613. The largest absolute Gasteiger partial charge is 0.481 e. The molecule has 0 unspecified atom stereocenters. The van der Waals surface area contributed by atoms with Gasteiger partial charge in [0.05, 0.1) is 5.92 Å². The SMILES string of the molecule is CCc1c(F)cc(C(C)C)cc1[C@@H](C(=O)O)C1CCN(CCCCCc2ccc3c(n2)NCCC3)CC1. The van der Waals surface area contributed by atoms with Crippen LogP contribution in [0, 0.1) is 11.7 Å². The number of carboxylic acids is 1. The molecule has 2 aliphatic heterocycles. The van der Waals surface area contributed by atoms with Crippen molar-refractivity contribution in [3.8, 4) is 0 Å². The number of nitrogens with zero attached hydrogens (tertiary/aromatic N) is 2. The molecular formula is C31H44FN3O2. The van der Waals surface area contributed by atoms with Crippen molar-refractivity contribution in [3.63, 3.8) is 0 Å². The third kappa shape index (κ3) is 6.90. The Kier molecular flexibility index (Phi) is 9.58. The topological polar surface area (TPSA) is 65.5 Å². The highest BCUT2D eigenvalue weighted by molar-refractivity contribution is 5.77. The molecular weight excluding hydrogens is 465 g/mol. The van der Waals surface area contributed by atoms with Crippen LogP contribution >= 0.6 is 0 Å². The third-order valence-electron chi connectivity index (χ3n) is 8.34. The zero-order valence-corrected chi connectivity index (χ0v) is 22.9. The maximum Gasteiger partial charge on any atom is 0.311 e. The fourth-order valence-electron chi connectivity index (χ4n) is 6.09. The normalized spacial score (nSPS) is 17.4. The monoisotopic (exact) mass is 509 g/mol. The minimum Gasteiger partial charge on any atom is -0.481 e. The first-order valence-corrected chi connectivity index (χ1v) is 14.4. The number of piperidine rings is 1. The Morgan fingerprint density at radius 2 is 1.97 bits per heavy atom. The van der Waals surface area contributed by atoms with Crippen molar-refractivity contribution in [2.75, 3.05) is 31.5 Å². The van der Waals surface area contributed by atoms with Gasteiger partial charge in [0.15, 0.2) is 0 Å². The number of aliphatic carboxylic acids is 1. The predicted molar refractivity (Wildman–Crippen MR) is 148 cm³/mol. The van der Waals surface area contributed by atoms with Crippen LogP contribution in [0.4, 0.5) is 10.2 Å². The highest BCUT2D eigenvalue weighted by Gasteiger charge is 2.34. The van der Waals surface area contributed by atoms with Crippen LogP contribution < -0.4 is 5.32 Å². The maximum atomic E-state index is 14.9. The first-order valence-electron chi connectivity index (χ1n) is 14.4. The number of anilines is 1. The molecule has 1 aromatic carbocycles. The minimum atomic E-state index is -0.820. The average Bonchev–Trinajstić information content (AvgIpc) is 2.89. The van der Waals surface area contributed by atoms with E-state index in [0.717, 1.165) is 76.1 Å². The van der Waals surface area contributed by atoms with Gasteiger partial charge in [0.2, 0.25) is 0 Å². The van der Waals surface area contributed by atoms with Gasteiger partial charge in [-0.05, 0) is 117 Å². The minimum absolute atomic E-state index is 0.0459. The molecule has 0 amide bonds. The summed E-state index contributed by atoms with van der Waals surface area (Å²) in [6, 6.07) is 7.97. The Balaban J connectivity index is 1.26. The van der Waals surface area contributed by atoms with Crippen molar-refractivity contribution in [2.45, 2.75) is 90.4 Å². The zero-order valence-electron chi connectivity index (χ0n) is 22.9. The Hall–Kier alpha value is -2.47. The van der Waals surface area contributed by atoms with Gasteiger partial charge in [0, 0.05) is 12.2 Å². The summed E-state index contributed by atoms with van der Waals surface area (Å²) in [5, 5.41) is 13.6. The van der Waals surface area contributed by atoms with Gasteiger partial charge in [-0.3, -0.25) is 4.79 Å². The molecule has 5 nitrogen and oxygen atoms in total. The number of likely N-dealkylation sites (tertiary alicyclic amines) is 1. The number of aromatic nitrogens is 1. The summed E-state index contributed by atoms with van der Waals surface area (Å²) in [5.41, 5.74) is 4.67. The van der Waals surface area contributed by atoms with Gasteiger partial charge in [-0.1, -0.05) is 39.3 Å². The summed E-state index contributed by atoms with van der Waals surface area (Å²) in [6.07, 6.45) is 9.00. The number of fused-ring (bicyclic) bond motifs is 1. The van der Waals surface area contributed by atoms with Gasteiger partial charge in [0.1, 0.15) is 11.6 Å². The van der Waals surface area contributed by atoms with E-state index in [2.05, 4.69) is 22.3 Å². The van der Waals surface area contributed by atoms with Gasteiger partial charge >= 0.3 is 5.97 Å². The first kappa shape index (κ1) is 27.6. The number of benzene rings is 1. The van der Waals surface area contributed by atoms with Crippen molar-refractivity contribution < 1.29 is 14.3 Å². The summed E-state index contributed by atoms with van der Waals surface area (Å²) >= 11 is 0. The third-order valence-corrected chi connectivity index (χ3v) is 8.34. The molecule has 2 aromatic rings. The van der Waals surface area contributed by atoms with Crippen LogP contribution in [0.15, 0.2) is 24.3 Å². The molecule has 0 radical (unpaired) electrons. The fourth-order valence-corrected chi connectivity index (χ4v) is 6.09. The lowest BCUT2D eigenvalue weighted by Crippen LogP contribution is -2.38. The molecule has 2 N–H and O–H groups in total. The van der Waals surface area contributed by atoms with E-state index in [1.165, 1.54) is 24.1 Å². The summed E-state index contributed by atoms with van der Waals surface area (Å²) in [5.74, 6) is -0.423. The van der Waals surface area contributed by atoms with Gasteiger partial charge in [-0.15, -0.1) is 0 Å². The van der Waals surface area contributed by atoms with E-state index in [1.807, 2.05) is 26.8 Å². The maximum absolute atomic E-state index is 14.9. The lowest BCUT2D eigenvalue weighted by molar-refractivity contribution is -0.140. The van der Waals surface area contributed by atoms with E-state index >= 15 is 0 Å². The number of aryl methyl sites for hydroxylation is 2. The number of hydrogen-bond acceptors (Lipinski definition) is 4. The number of rotatable bonds is 11. The van der Waals surface area contributed by atoms with E-state index < -0.39 is 11.9 Å². The molecule has 0 bridgehead atoms. The Bertz CT molecular complexity index is 1060. The number of carboxylic acid groups (broad SMARTS) is 1. The van der Waals surface area contributed by atoms with Gasteiger partial charge in [-0.25, -0.2) is 9.37 Å². The van der Waals surface area contributed by atoms with Gasteiger partial charge < -0.3 is 15.3 Å². The molecule has 4 rings (SSSR count). The van der Waals surface area contributed by atoms with E-state index in [1.54, 1.807) is 6.07 Å². The second kappa shape index (κ2) is 12.9. The molecule has 1 fully saturated rings. The van der Waals surface area contributed by atoms with E-state index in [0.29, 0.717) is 17.5 Å². The molecule has 202 valence electrons. The second-order valence-electron chi connectivity index (χ2n) is 11.2. The first-order chi connectivity index (χ1) is 17.9. The van der Waals surface area contributed by atoms with Crippen LogP contribution in [0.2, 0.25) is 0 Å². The van der Waals surface area contributed by atoms with Crippen molar-refractivity contribution in [2.24, 2.45) is 5.92 Å². The molecule has 0 aliphatic carbocycles. The summed E-state index contributed by atoms with van der Waals surface area (Å²) in [6.45, 7) is 9.88. The van der Waals surface area contributed by atoms with Gasteiger partial charge in [0.25, 0.3) is 0 Å². The lowest BCUT2D eigenvalue weighted by atomic mass is 9.77. The summed E-state index contributed by atoms with van der Waals surface area (Å²) in [4.78, 5) is 19.7. The number of pyridine rings is 1. The van der Waals surface area contributed by atoms with E-state index in [4.69, 9.17) is 4.98 Å². The Morgan fingerprint density at radius 1 is 1.19 bits per heavy atom. The average molecular weight is 510 g/mol. The molecule has 1 aromatic heterocycles. The molecule has 2 aliphatic rings. The number of halogens is 1. The standard InChI is InChI=1S/C31H44FN3O2/c1-4-26-27(19-24(21(2)3)20-28(26)32)29(31(36)37)22-13-17-35(18-14-22)16-7-5-6-10-25-12-11-23-9-8-15-33-30(23)34-25/h11-12,19-22,29H,4-10,13-18H2,1-3H3,(H,33,34)(H,36,37)/t29-/m0/s1. The predicted octanol–water partition coefficient (Wildman–Crippen LogP) is 6.56. The Labute approximate surface area is 221 Å². The molecule has 3 heterocycles. The van der Waals surface area contributed by atoms with Crippen LogP contribution in [0.3, 0.4) is 0 Å². The van der Waals surface area contributed by atoms with Crippen LogP contribution in [-0.2, 0) is 24.1 Å². The van der Waals surface area contributed by atoms with Crippen LogP contribution in [0.1, 0.15) is 99.1 Å². The van der Waals surface area contributed by atoms with Crippen molar-refractivity contribution in [3.05, 3.63) is 58.0 Å². The van der Waals surface area contributed by atoms with Crippen molar-refractivity contribution >= 4 is 11.8 Å². The van der Waals surface area contributed by atoms with Crippen LogP contribution in [0.5, 0.6) is 0 Å².